The first-order valence-electron chi connectivity index (χ1n) is 6.10. The van der Waals surface area contributed by atoms with Crippen molar-refractivity contribution in [1.29, 1.82) is 0 Å². The van der Waals surface area contributed by atoms with Crippen LogP contribution >= 0.6 is 0 Å². The van der Waals surface area contributed by atoms with E-state index in [9.17, 15) is 4.79 Å². The molecule has 17 heavy (non-hydrogen) atoms. The summed E-state index contributed by atoms with van der Waals surface area (Å²) in [5.74, 6) is 1.18. The first-order valence-corrected chi connectivity index (χ1v) is 6.10. The van der Waals surface area contributed by atoms with Gasteiger partial charge in [0.2, 0.25) is 5.91 Å². The molecule has 1 amide bonds. The molecule has 0 spiro atoms. The van der Waals surface area contributed by atoms with E-state index in [1.165, 1.54) is 5.56 Å². The summed E-state index contributed by atoms with van der Waals surface area (Å²) in [7, 11) is 0. The van der Waals surface area contributed by atoms with Gasteiger partial charge in [0.15, 0.2) is 0 Å². The maximum atomic E-state index is 11.3. The van der Waals surface area contributed by atoms with Gasteiger partial charge in [0.1, 0.15) is 5.82 Å². The fourth-order valence-corrected chi connectivity index (χ4v) is 2.11. The van der Waals surface area contributed by atoms with Gasteiger partial charge in [0, 0.05) is 39.3 Å². The van der Waals surface area contributed by atoms with Crippen LogP contribution in [0.15, 0.2) is 18.3 Å². The third-order valence-corrected chi connectivity index (χ3v) is 3.16. The molecule has 4 heteroatoms. The smallest absolute Gasteiger partial charge is 0.219 e. The molecule has 0 unspecified atom stereocenters. The van der Waals surface area contributed by atoms with E-state index in [0.717, 1.165) is 38.4 Å². The molecule has 1 aliphatic heterocycles. The van der Waals surface area contributed by atoms with Crippen LogP contribution in [0.4, 0.5) is 5.82 Å². The number of pyridine rings is 1. The number of hydrogen-bond donors (Lipinski definition) is 0. The molecule has 2 rings (SSSR count). The summed E-state index contributed by atoms with van der Waals surface area (Å²) in [6.07, 6.45) is 2.90. The molecule has 0 bridgehead atoms. The van der Waals surface area contributed by atoms with E-state index in [-0.39, 0.29) is 5.91 Å². The van der Waals surface area contributed by atoms with Crippen LogP contribution in [0.3, 0.4) is 0 Å². The Morgan fingerprint density at radius 1 is 1.24 bits per heavy atom. The summed E-state index contributed by atoms with van der Waals surface area (Å²) >= 11 is 0. The number of amides is 1. The predicted octanol–water partition coefficient (Wildman–Crippen LogP) is 1.45. The quantitative estimate of drug-likeness (QED) is 0.736. The Bertz CT molecular complexity index is 388. The molecule has 1 saturated heterocycles. The van der Waals surface area contributed by atoms with Gasteiger partial charge in [-0.3, -0.25) is 4.79 Å². The van der Waals surface area contributed by atoms with Gasteiger partial charge in [0.25, 0.3) is 0 Å². The highest BCUT2D eigenvalue weighted by atomic mass is 16.2. The fraction of sp³-hybridized carbons (Fsp3) is 0.538. The molecule has 1 aromatic heterocycles. The summed E-state index contributed by atoms with van der Waals surface area (Å²) in [6, 6.07) is 4.13. The van der Waals surface area contributed by atoms with Gasteiger partial charge in [-0.25, -0.2) is 4.98 Å². The summed E-state index contributed by atoms with van der Waals surface area (Å²) in [6.45, 7) is 7.18. The van der Waals surface area contributed by atoms with Crippen LogP contribution in [0.5, 0.6) is 0 Å². The molecule has 0 saturated carbocycles. The van der Waals surface area contributed by atoms with Crippen LogP contribution in [0.1, 0.15) is 18.9 Å². The molecule has 1 fully saturated rings. The minimum Gasteiger partial charge on any atom is -0.355 e. The maximum absolute atomic E-state index is 11.3. The number of nitrogens with zero attached hydrogens (tertiary/aromatic N) is 3. The zero-order valence-electron chi connectivity index (χ0n) is 10.5. The molecule has 1 aliphatic rings. The van der Waals surface area contributed by atoms with E-state index in [1.54, 1.807) is 6.92 Å². The summed E-state index contributed by atoms with van der Waals surface area (Å²) in [5, 5.41) is 0. The second kappa shape index (κ2) is 5.17. The van der Waals surface area contributed by atoms with Crippen molar-refractivity contribution in [2.24, 2.45) is 0 Å². The molecule has 1 aromatic rings. The lowest BCUT2D eigenvalue weighted by atomic mass is 10.3. The number of carbonyl (C=O) groups is 1. The highest BCUT2D eigenvalue weighted by Crippen LogP contribution is 2.14. The van der Waals surface area contributed by atoms with Crippen molar-refractivity contribution in [1.82, 2.24) is 9.88 Å². The normalized spacial score (nSPS) is 16.8. The third kappa shape index (κ3) is 2.96. The molecule has 92 valence electrons. The van der Waals surface area contributed by atoms with Crippen molar-refractivity contribution < 1.29 is 4.79 Å². The number of aryl methyl sites for hydroxylation is 1. The number of hydrogen-bond acceptors (Lipinski definition) is 3. The van der Waals surface area contributed by atoms with Crippen molar-refractivity contribution in [3.05, 3.63) is 23.9 Å². The van der Waals surface area contributed by atoms with Gasteiger partial charge >= 0.3 is 0 Å². The van der Waals surface area contributed by atoms with Crippen molar-refractivity contribution in [3.63, 3.8) is 0 Å². The van der Waals surface area contributed by atoms with E-state index in [2.05, 4.69) is 22.0 Å². The standard InChI is InChI=1S/C13H19N3O/c1-11-4-5-13(14-10-11)16-7-3-6-15(8-9-16)12(2)17/h4-5,10H,3,6-9H2,1-2H3. The molecule has 0 aromatic carbocycles. The molecule has 0 atom stereocenters. The molecule has 0 N–H and O–H groups in total. The molecule has 0 radical (unpaired) electrons. The van der Waals surface area contributed by atoms with Crippen LogP contribution in [0.2, 0.25) is 0 Å². The first kappa shape index (κ1) is 11.9. The molecule has 2 heterocycles. The van der Waals surface area contributed by atoms with Crippen molar-refractivity contribution in [3.8, 4) is 0 Å². The monoisotopic (exact) mass is 233 g/mol. The lowest BCUT2D eigenvalue weighted by molar-refractivity contribution is -0.128. The van der Waals surface area contributed by atoms with E-state index in [4.69, 9.17) is 0 Å². The second-order valence-corrected chi connectivity index (χ2v) is 4.54. The molecular weight excluding hydrogens is 214 g/mol. The van der Waals surface area contributed by atoms with Crippen LogP contribution in [-0.4, -0.2) is 42.0 Å². The molecule has 4 nitrogen and oxygen atoms in total. The summed E-state index contributed by atoms with van der Waals surface area (Å²) < 4.78 is 0. The summed E-state index contributed by atoms with van der Waals surface area (Å²) in [4.78, 5) is 19.9. The van der Waals surface area contributed by atoms with Crippen molar-refractivity contribution in [2.45, 2.75) is 20.3 Å². The average Bonchev–Trinajstić information content (AvgIpc) is 2.55. The minimum absolute atomic E-state index is 0.170. The van der Waals surface area contributed by atoms with E-state index in [1.807, 2.05) is 18.0 Å². The summed E-state index contributed by atoms with van der Waals surface area (Å²) in [5.41, 5.74) is 1.17. The highest BCUT2D eigenvalue weighted by molar-refractivity contribution is 5.73. The Kier molecular flexibility index (Phi) is 3.61. The zero-order chi connectivity index (χ0) is 12.3. The van der Waals surface area contributed by atoms with Crippen LogP contribution in [0.25, 0.3) is 0 Å². The molecular formula is C13H19N3O. The SMILES string of the molecule is CC(=O)N1CCCN(c2ccc(C)cn2)CC1. The van der Waals surface area contributed by atoms with Gasteiger partial charge in [-0.2, -0.15) is 0 Å². The number of carbonyl (C=O) groups excluding carboxylic acids is 1. The maximum Gasteiger partial charge on any atom is 0.219 e. The van der Waals surface area contributed by atoms with Gasteiger partial charge in [-0.15, -0.1) is 0 Å². The first-order chi connectivity index (χ1) is 8.16. The van der Waals surface area contributed by atoms with Gasteiger partial charge < -0.3 is 9.80 Å². The zero-order valence-corrected chi connectivity index (χ0v) is 10.5. The Hall–Kier alpha value is -1.58. The van der Waals surface area contributed by atoms with Crippen molar-refractivity contribution in [2.75, 3.05) is 31.1 Å². The van der Waals surface area contributed by atoms with Gasteiger partial charge in [-0.1, -0.05) is 6.07 Å². The second-order valence-electron chi connectivity index (χ2n) is 4.54. The number of aromatic nitrogens is 1. The predicted molar refractivity (Wildman–Crippen MR) is 68.1 cm³/mol. The van der Waals surface area contributed by atoms with Crippen LogP contribution in [0, 0.1) is 6.92 Å². The third-order valence-electron chi connectivity index (χ3n) is 3.16. The average molecular weight is 233 g/mol. The van der Waals surface area contributed by atoms with Gasteiger partial charge in [-0.05, 0) is 25.0 Å². The van der Waals surface area contributed by atoms with Gasteiger partial charge in [0.05, 0.1) is 0 Å². The lowest BCUT2D eigenvalue weighted by Crippen LogP contribution is -2.33. The number of rotatable bonds is 1. The van der Waals surface area contributed by atoms with Crippen LogP contribution in [-0.2, 0) is 4.79 Å². The van der Waals surface area contributed by atoms with E-state index < -0.39 is 0 Å². The Balaban J connectivity index is 2.03. The Morgan fingerprint density at radius 2 is 2.06 bits per heavy atom. The van der Waals surface area contributed by atoms with E-state index in [0.29, 0.717) is 0 Å². The van der Waals surface area contributed by atoms with Crippen LogP contribution < -0.4 is 4.90 Å². The highest BCUT2D eigenvalue weighted by Gasteiger charge is 2.17. The lowest BCUT2D eigenvalue weighted by Gasteiger charge is -2.22. The van der Waals surface area contributed by atoms with Crippen molar-refractivity contribution >= 4 is 11.7 Å². The van der Waals surface area contributed by atoms with E-state index >= 15 is 0 Å². The topological polar surface area (TPSA) is 36.4 Å². The molecule has 0 aliphatic carbocycles. The minimum atomic E-state index is 0.170. The Labute approximate surface area is 102 Å². The Morgan fingerprint density at radius 3 is 2.71 bits per heavy atom. The fourth-order valence-electron chi connectivity index (χ4n) is 2.11. The number of anilines is 1. The largest absolute Gasteiger partial charge is 0.355 e.